The topological polar surface area (TPSA) is 72.7 Å². The largest absolute Gasteiger partial charge is 0.382 e. The molecule has 2 aromatic heterocycles. The molecule has 0 unspecified atom stereocenters. The first kappa shape index (κ1) is 25.8. The van der Waals surface area contributed by atoms with Crippen LogP contribution in [-0.4, -0.2) is 23.6 Å². The summed E-state index contributed by atoms with van der Waals surface area (Å²) in [5, 5.41) is 3.53. The fourth-order valence-electron chi connectivity index (χ4n) is 4.24. The van der Waals surface area contributed by atoms with Crippen LogP contribution in [0.3, 0.4) is 0 Å². The summed E-state index contributed by atoms with van der Waals surface area (Å²) in [5.41, 5.74) is 4.63. The fraction of sp³-hybridized carbons (Fsp3) is 0.345. The molecule has 4 rings (SSSR count). The monoisotopic (exact) mass is 505 g/mol. The number of imidazole rings is 1. The molecule has 0 aliphatic carbocycles. The first-order chi connectivity index (χ1) is 17.4. The molecule has 0 fully saturated rings. The van der Waals surface area contributed by atoms with Crippen LogP contribution in [0.1, 0.15) is 56.6 Å². The number of nitrogens with one attached hydrogen (secondary N) is 1. The van der Waals surface area contributed by atoms with E-state index in [0.717, 1.165) is 53.1 Å². The predicted octanol–water partition coefficient (Wildman–Crippen LogP) is 6.99. The van der Waals surface area contributed by atoms with E-state index in [2.05, 4.69) is 24.4 Å². The Bertz CT molecular complexity index is 1380. The zero-order valence-electron chi connectivity index (χ0n) is 21.1. The van der Waals surface area contributed by atoms with Gasteiger partial charge in [0, 0.05) is 18.3 Å². The number of unbranched alkanes of at least 4 members (excludes halogenated alkanes) is 5. The molecule has 0 bridgehead atoms. The van der Waals surface area contributed by atoms with Crippen molar-refractivity contribution < 1.29 is 12.6 Å². The van der Waals surface area contributed by atoms with Crippen molar-refractivity contribution in [3.05, 3.63) is 84.1 Å². The Balaban J connectivity index is 1.54. The molecule has 0 amide bonds. The highest BCUT2D eigenvalue weighted by molar-refractivity contribution is 7.87. The first-order valence-electron chi connectivity index (χ1n) is 12.7. The summed E-state index contributed by atoms with van der Waals surface area (Å²) >= 11 is 0. The lowest BCUT2D eigenvalue weighted by Crippen LogP contribution is -2.13. The van der Waals surface area contributed by atoms with E-state index in [-0.39, 0.29) is 5.75 Å². The SMILES string of the molecule is CCCCCCCCS(=O)(=O)Oc1cccc(-c2nc3cc(C)ccn3c2NCc2ccccc2)c1. The molecule has 6 nitrogen and oxygen atoms in total. The molecule has 7 heteroatoms. The number of benzene rings is 2. The molecule has 0 saturated heterocycles. The minimum atomic E-state index is -3.65. The second-order valence-electron chi connectivity index (χ2n) is 9.22. The van der Waals surface area contributed by atoms with Crippen LogP contribution in [0.25, 0.3) is 16.9 Å². The molecule has 0 spiro atoms. The van der Waals surface area contributed by atoms with E-state index in [0.29, 0.717) is 18.7 Å². The van der Waals surface area contributed by atoms with Crippen LogP contribution in [0, 0.1) is 6.92 Å². The number of pyridine rings is 1. The van der Waals surface area contributed by atoms with Crippen molar-refractivity contribution >= 4 is 21.6 Å². The average Bonchev–Trinajstić information content (AvgIpc) is 3.23. The van der Waals surface area contributed by atoms with Crippen molar-refractivity contribution in [2.75, 3.05) is 11.1 Å². The van der Waals surface area contributed by atoms with Gasteiger partial charge in [0.25, 0.3) is 0 Å². The summed E-state index contributed by atoms with van der Waals surface area (Å²) in [6, 6.07) is 21.4. The van der Waals surface area contributed by atoms with Gasteiger partial charge in [-0.2, -0.15) is 8.42 Å². The Morgan fingerprint density at radius 2 is 1.69 bits per heavy atom. The smallest absolute Gasteiger partial charge is 0.309 e. The summed E-state index contributed by atoms with van der Waals surface area (Å²) in [7, 11) is -3.65. The fourth-order valence-corrected chi connectivity index (χ4v) is 5.28. The van der Waals surface area contributed by atoms with Gasteiger partial charge in [-0.25, -0.2) is 4.98 Å². The molecular formula is C29H35N3O3S. The van der Waals surface area contributed by atoms with E-state index in [1.54, 1.807) is 18.2 Å². The van der Waals surface area contributed by atoms with Crippen LogP contribution in [0.15, 0.2) is 72.9 Å². The lowest BCUT2D eigenvalue weighted by Gasteiger charge is -2.11. The summed E-state index contributed by atoms with van der Waals surface area (Å²) in [6.07, 6.45) is 8.10. The third-order valence-corrected chi connectivity index (χ3v) is 7.40. The van der Waals surface area contributed by atoms with E-state index in [1.165, 1.54) is 12.8 Å². The van der Waals surface area contributed by atoms with Crippen LogP contribution in [-0.2, 0) is 16.7 Å². The number of nitrogens with zero attached hydrogens (tertiary/aromatic N) is 2. The summed E-state index contributed by atoms with van der Waals surface area (Å²) < 4.78 is 32.7. The third kappa shape index (κ3) is 6.88. The highest BCUT2D eigenvalue weighted by Crippen LogP contribution is 2.32. The number of hydrogen-bond donors (Lipinski definition) is 1. The molecule has 4 aromatic rings. The van der Waals surface area contributed by atoms with Gasteiger partial charge in [0.2, 0.25) is 0 Å². The molecule has 190 valence electrons. The van der Waals surface area contributed by atoms with E-state index in [9.17, 15) is 8.42 Å². The minimum Gasteiger partial charge on any atom is -0.382 e. The van der Waals surface area contributed by atoms with Crippen molar-refractivity contribution in [2.45, 2.75) is 58.9 Å². The van der Waals surface area contributed by atoms with E-state index >= 15 is 0 Å². The van der Waals surface area contributed by atoms with Crippen molar-refractivity contribution in [1.82, 2.24) is 9.38 Å². The van der Waals surface area contributed by atoms with Gasteiger partial charge in [-0.15, -0.1) is 0 Å². The van der Waals surface area contributed by atoms with Crippen molar-refractivity contribution in [2.24, 2.45) is 0 Å². The maximum atomic E-state index is 12.6. The Hall–Kier alpha value is -3.32. The van der Waals surface area contributed by atoms with Crippen LogP contribution < -0.4 is 9.50 Å². The zero-order valence-corrected chi connectivity index (χ0v) is 21.9. The summed E-state index contributed by atoms with van der Waals surface area (Å²) in [6.45, 7) is 4.84. The Labute approximate surface area is 214 Å². The Morgan fingerprint density at radius 3 is 2.50 bits per heavy atom. The van der Waals surface area contributed by atoms with Crippen molar-refractivity contribution in [1.29, 1.82) is 0 Å². The normalized spacial score (nSPS) is 11.6. The number of rotatable bonds is 13. The van der Waals surface area contributed by atoms with Gasteiger partial charge in [-0.05, 0) is 48.7 Å². The average molecular weight is 506 g/mol. The van der Waals surface area contributed by atoms with Gasteiger partial charge in [-0.1, -0.05) is 81.5 Å². The minimum absolute atomic E-state index is 0.0286. The van der Waals surface area contributed by atoms with Crippen LogP contribution >= 0.6 is 0 Å². The highest BCUT2D eigenvalue weighted by Gasteiger charge is 2.17. The first-order valence-corrected chi connectivity index (χ1v) is 14.3. The number of anilines is 1. The summed E-state index contributed by atoms with van der Waals surface area (Å²) in [4.78, 5) is 4.87. The van der Waals surface area contributed by atoms with Crippen molar-refractivity contribution in [3.8, 4) is 17.0 Å². The lowest BCUT2D eigenvalue weighted by molar-refractivity contribution is 0.482. The molecule has 36 heavy (non-hydrogen) atoms. The lowest BCUT2D eigenvalue weighted by atomic mass is 10.1. The maximum Gasteiger partial charge on any atom is 0.309 e. The molecule has 0 saturated carbocycles. The molecular weight excluding hydrogens is 470 g/mol. The van der Waals surface area contributed by atoms with Crippen LogP contribution in [0.5, 0.6) is 5.75 Å². The van der Waals surface area contributed by atoms with Gasteiger partial charge in [-0.3, -0.25) is 4.40 Å². The molecule has 0 atom stereocenters. The van der Waals surface area contributed by atoms with Gasteiger partial charge in [0.1, 0.15) is 22.9 Å². The van der Waals surface area contributed by atoms with E-state index < -0.39 is 10.1 Å². The van der Waals surface area contributed by atoms with Gasteiger partial charge in [0.05, 0.1) is 5.75 Å². The molecule has 0 radical (unpaired) electrons. The molecule has 0 aliphatic heterocycles. The van der Waals surface area contributed by atoms with Gasteiger partial charge in [0.15, 0.2) is 0 Å². The Kier molecular flexibility index (Phi) is 8.65. The molecule has 2 heterocycles. The standard InChI is InChI=1S/C29H35N3O3S/c1-3-4-5-6-7-11-19-36(33,34)35-26-16-12-15-25(21-26)28-29(30-22-24-13-9-8-10-14-24)32-18-17-23(2)20-27(32)31-28/h8-10,12-18,20-21,30H,3-7,11,19,22H2,1-2H3. The van der Waals surface area contributed by atoms with Gasteiger partial charge >= 0.3 is 10.1 Å². The summed E-state index contributed by atoms with van der Waals surface area (Å²) in [5.74, 6) is 1.18. The molecule has 0 aliphatic rings. The van der Waals surface area contributed by atoms with E-state index in [1.807, 2.05) is 53.9 Å². The number of fused-ring (bicyclic) bond motifs is 1. The maximum absolute atomic E-state index is 12.6. The van der Waals surface area contributed by atoms with Gasteiger partial charge < -0.3 is 9.50 Å². The predicted molar refractivity (Wildman–Crippen MR) is 147 cm³/mol. The molecule has 2 aromatic carbocycles. The van der Waals surface area contributed by atoms with E-state index in [4.69, 9.17) is 9.17 Å². The quantitative estimate of drug-likeness (QED) is 0.157. The third-order valence-electron chi connectivity index (χ3n) is 6.16. The zero-order chi connectivity index (χ0) is 25.4. The van der Waals surface area contributed by atoms with Crippen LogP contribution in [0.4, 0.5) is 5.82 Å². The number of aryl methyl sites for hydroxylation is 1. The second kappa shape index (κ2) is 12.1. The molecule has 1 N–H and O–H groups in total. The second-order valence-corrected chi connectivity index (χ2v) is 10.9. The van der Waals surface area contributed by atoms with Crippen LogP contribution in [0.2, 0.25) is 0 Å². The number of aromatic nitrogens is 2. The highest BCUT2D eigenvalue weighted by atomic mass is 32.2. The number of hydrogen-bond acceptors (Lipinski definition) is 5. The van der Waals surface area contributed by atoms with Crippen molar-refractivity contribution in [3.63, 3.8) is 0 Å². The Morgan fingerprint density at radius 1 is 0.917 bits per heavy atom.